The summed E-state index contributed by atoms with van der Waals surface area (Å²) in [5.41, 5.74) is 0.580. The summed E-state index contributed by atoms with van der Waals surface area (Å²) in [6.07, 6.45) is 2.85. The monoisotopic (exact) mass is 566 g/mol. The summed E-state index contributed by atoms with van der Waals surface area (Å²) in [6.45, 7) is 9.29. The molecule has 0 radical (unpaired) electrons. The third-order valence-corrected chi connectivity index (χ3v) is 8.92. The van der Waals surface area contributed by atoms with Gasteiger partial charge in [0.05, 0.1) is 12.6 Å². The predicted molar refractivity (Wildman–Crippen MR) is 153 cm³/mol. The van der Waals surface area contributed by atoms with E-state index in [4.69, 9.17) is 0 Å². The molecule has 11 heteroatoms. The van der Waals surface area contributed by atoms with Crippen LogP contribution >= 0.6 is 0 Å². The van der Waals surface area contributed by atoms with Gasteiger partial charge in [-0.25, -0.2) is 0 Å². The zero-order valence-electron chi connectivity index (χ0n) is 24.3. The molecule has 4 fully saturated rings. The molecule has 0 aromatic heterocycles. The van der Waals surface area contributed by atoms with E-state index >= 15 is 0 Å². The number of amides is 4. The number of anilines is 1. The highest BCUT2D eigenvalue weighted by atomic mass is 16.2. The minimum atomic E-state index is -0.951. The number of Topliss-reactive ketones (excluding diaryl/α,β-unsaturated/α-hetero) is 1. The van der Waals surface area contributed by atoms with Crippen molar-refractivity contribution in [1.82, 2.24) is 25.8 Å². The molecule has 1 aromatic carbocycles. The Kier molecular flexibility index (Phi) is 8.35. The van der Waals surface area contributed by atoms with Crippen LogP contribution in [0.2, 0.25) is 0 Å². The van der Waals surface area contributed by atoms with Gasteiger partial charge in [0.1, 0.15) is 17.6 Å². The number of nitrogens with zero attached hydrogens (tertiary/aromatic N) is 3. The van der Waals surface area contributed by atoms with Gasteiger partial charge in [0, 0.05) is 50.9 Å². The lowest BCUT2D eigenvalue weighted by atomic mass is 9.75. The van der Waals surface area contributed by atoms with Gasteiger partial charge in [0.2, 0.25) is 17.7 Å². The van der Waals surface area contributed by atoms with Gasteiger partial charge in [-0.3, -0.25) is 24.0 Å². The van der Waals surface area contributed by atoms with Gasteiger partial charge in [-0.05, 0) is 62.3 Å². The minimum Gasteiger partial charge on any atom is -0.369 e. The number of piperazine rings is 1. The van der Waals surface area contributed by atoms with E-state index in [-0.39, 0.29) is 41.9 Å². The van der Waals surface area contributed by atoms with Crippen molar-refractivity contribution in [3.8, 4) is 0 Å². The van der Waals surface area contributed by atoms with Crippen molar-refractivity contribution in [3.63, 3.8) is 0 Å². The Balaban J connectivity index is 1.27. The van der Waals surface area contributed by atoms with Crippen LogP contribution in [0.1, 0.15) is 63.2 Å². The summed E-state index contributed by atoms with van der Waals surface area (Å²) in [6, 6.07) is 5.50. The Labute approximate surface area is 241 Å². The van der Waals surface area contributed by atoms with Gasteiger partial charge in [0.15, 0.2) is 5.78 Å². The number of nitrogens with one attached hydrogen (secondary N) is 3. The van der Waals surface area contributed by atoms with Crippen LogP contribution in [0.15, 0.2) is 24.3 Å². The summed E-state index contributed by atoms with van der Waals surface area (Å²) in [5.74, 6) is -1.17. The molecule has 3 unspecified atom stereocenters. The molecule has 222 valence electrons. The quantitative estimate of drug-likeness (QED) is 0.422. The first-order chi connectivity index (χ1) is 19.6. The van der Waals surface area contributed by atoms with Gasteiger partial charge in [-0.15, -0.1) is 0 Å². The predicted octanol–water partition coefficient (Wildman–Crippen LogP) is 0.680. The molecule has 3 heterocycles. The van der Waals surface area contributed by atoms with E-state index in [1.54, 1.807) is 21.9 Å². The molecular weight excluding hydrogens is 524 g/mol. The molecule has 1 aromatic rings. The van der Waals surface area contributed by atoms with Crippen molar-refractivity contribution in [2.45, 2.75) is 76.5 Å². The van der Waals surface area contributed by atoms with Gasteiger partial charge >= 0.3 is 0 Å². The number of likely N-dealkylation sites (tertiary alicyclic amines) is 2. The number of fused-ring (bicyclic) bond motifs is 1. The van der Waals surface area contributed by atoms with Crippen molar-refractivity contribution in [2.75, 3.05) is 44.2 Å². The zero-order chi connectivity index (χ0) is 29.3. The second kappa shape index (κ2) is 11.8. The fourth-order valence-corrected chi connectivity index (χ4v) is 6.75. The van der Waals surface area contributed by atoms with Crippen molar-refractivity contribution in [1.29, 1.82) is 0 Å². The van der Waals surface area contributed by atoms with Gasteiger partial charge in [0.25, 0.3) is 5.91 Å². The SMILES string of the molecule is CC(=O)NC1(C(=O)N2CC(=O)C3C2CCN3C(=O)C(CC(C)C)NC(=O)c2ccc(N3CCNCC3)cc2)CCC1. The summed E-state index contributed by atoms with van der Waals surface area (Å²) in [5, 5.41) is 9.09. The molecule has 3 aliphatic heterocycles. The van der Waals surface area contributed by atoms with Gasteiger partial charge in [-0.1, -0.05) is 13.8 Å². The second-order valence-corrected chi connectivity index (χ2v) is 12.3. The highest BCUT2D eigenvalue weighted by Crippen LogP contribution is 2.38. The molecule has 3 N–H and O–H groups in total. The topological polar surface area (TPSA) is 131 Å². The van der Waals surface area contributed by atoms with Crippen LogP contribution < -0.4 is 20.9 Å². The van der Waals surface area contributed by atoms with Crippen molar-refractivity contribution in [2.24, 2.45) is 5.92 Å². The lowest BCUT2D eigenvalue weighted by Gasteiger charge is -2.43. The molecule has 5 rings (SSSR count). The molecule has 3 atom stereocenters. The zero-order valence-corrected chi connectivity index (χ0v) is 24.3. The van der Waals surface area contributed by atoms with E-state index in [1.807, 2.05) is 26.0 Å². The molecule has 41 heavy (non-hydrogen) atoms. The Bertz CT molecular complexity index is 1190. The summed E-state index contributed by atoms with van der Waals surface area (Å²) < 4.78 is 0. The fraction of sp³-hybridized carbons (Fsp3) is 0.633. The molecule has 4 amide bonds. The number of carbonyl (C=O) groups excluding carboxylic acids is 5. The van der Waals surface area contributed by atoms with Crippen LogP contribution in [0, 0.1) is 5.92 Å². The fourth-order valence-electron chi connectivity index (χ4n) is 6.75. The molecule has 3 saturated heterocycles. The maximum atomic E-state index is 13.9. The Hall–Kier alpha value is -3.47. The first kappa shape index (κ1) is 29.0. The number of ketones is 1. The van der Waals surface area contributed by atoms with Crippen LogP contribution in [0.3, 0.4) is 0 Å². The number of benzene rings is 1. The first-order valence-electron chi connectivity index (χ1n) is 14.9. The molecular formula is C30H42N6O5. The smallest absolute Gasteiger partial charge is 0.251 e. The highest BCUT2D eigenvalue weighted by molar-refractivity contribution is 6.02. The Morgan fingerprint density at radius 1 is 1.02 bits per heavy atom. The van der Waals surface area contributed by atoms with Crippen molar-refractivity contribution < 1.29 is 24.0 Å². The highest BCUT2D eigenvalue weighted by Gasteiger charge is 2.56. The number of rotatable bonds is 8. The van der Waals surface area contributed by atoms with E-state index in [1.165, 1.54) is 6.92 Å². The van der Waals surface area contributed by atoms with Gasteiger partial charge in [-0.2, -0.15) is 0 Å². The van der Waals surface area contributed by atoms with Crippen LogP contribution in [0.4, 0.5) is 5.69 Å². The van der Waals surface area contributed by atoms with Crippen LogP contribution in [-0.4, -0.2) is 102 Å². The van der Waals surface area contributed by atoms with Crippen molar-refractivity contribution >= 4 is 35.1 Å². The lowest BCUT2D eigenvalue weighted by Crippen LogP contribution is -2.64. The van der Waals surface area contributed by atoms with Crippen molar-refractivity contribution in [3.05, 3.63) is 29.8 Å². The third-order valence-electron chi connectivity index (χ3n) is 8.92. The van der Waals surface area contributed by atoms with E-state index in [9.17, 15) is 24.0 Å². The van der Waals surface area contributed by atoms with E-state index < -0.39 is 23.7 Å². The van der Waals surface area contributed by atoms with Crippen LogP contribution in [0.5, 0.6) is 0 Å². The van der Waals surface area contributed by atoms with Gasteiger partial charge < -0.3 is 30.7 Å². The maximum Gasteiger partial charge on any atom is 0.251 e. The van der Waals surface area contributed by atoms with Crippen LogP contribution in [-0.2, 0) is 19.2 Å². The summed E-state index contributed by atoms with van der Waals surface area (Å²) >= 11 is 0. The Morgan fingerprint density at radius 3 is 2.29 bits per heavy atom. The third kappa shape index (κ3) is 5.82. The molecule has 11 nitrogen and oxygen atoms in total. The minimum absolute atomic E-state index is 0.0695. The average Bonchev–Trinajstić information content (AvgIpc) is 3.51. The van der Waals surface area contributed by atoms with Crippen LogP contribution in [0.25, 0.3) is 0 Å². The van der Waals surface area contributed by atoms with E-state index in [0.29, 0.717) is 37.8 Å². The van der Waals surface area contributed by atoms with E-state index in [2.05, 4.69) is 20.9 Å². The second-order valence-electron chi connectivity index (χ2n) is 12.3. The molecule has 0 spiro atoms. The number of carbonyl (C=O) groups is 5. The molecule has 0 bridgehead atoms. The lowest BCUT2D eigenvalue weighted by molar-refractivity contribution is -0.146. The molecule has 4 aliphatic rings. The normalized spacial score (nSPS) is 24.1. The Morgan fingerprint density at radius 2 is 1.71 bits per heavy atom. The van der Waals surface area contributed by atoms with E-state index in [0.717, 1.165) is 38.3 Å². The number of hydrogen-bond donors (Lipinski definition) is 3. The number of hydrogen-bond acceptors (Lipinski definition) is 7. The maximum absolute atomic E-state index is 13.9. The molecule has 1 saturated carbocycles. The summed E-state index contributed by atoms with van der Waals surface area (Å²) in [7, 11) is 0. The largest absolute Gasteiger partial charge is 0.369 e. The summed E-state index contributed by atoms with van der Waals surface area (Å²) in [4.78, 5) is 71.1. The first-order valence-corrected chi connectivity index (χ1v) is 14.9. The molecule has 1 aliphatic carbocycles. The standard InChI is InChI=1S/C30H42N6O5/c1-19(2)17-23(32-27(39)21-5-7-22(8-6-21)34-15-12-31-13-16-34)28(40)35-14-9-24-26(35)25(38)18-36(24)29(41)30(10-4-11-30)33-20(3)37/h5-8,19,23-24,26,31H,4,9-18H2,1-3H3,(H,32,39)(H,33,37). The average molecular weight is 567 g/mol.